The topological polar surface area (TPSA) is 49.6 Å². The van der Waals surface area contributed by atoms with E-state index in [9.17, 15) is 4.79 Å². The van der Waals surface area contributed by atoms with Crippen LogP contribution in [0.5, 0.6) is 0 Å². The molecule has 126 valence electrons. The number of hydrogen-bond acceptors (Lipinski definition) is 3. The molecule has 1 aliphatic carbocycles. The Morgan fingerprint density at radius 2 is 1.78 bits per heavy atom. The molecule has 1 aromatic carbocycles. The number of amides is 1. The highest BCUT2D eigenvalue weighted by Gasteiger charge is 2.35. The van der Waals surface area contributed by atoms with Crippen molar-refractivity contribution in [2.45, 2.75) is 57.0 Å². The summed E-state index contributed by atoms with van der Waals surface area (Å²) in [6.45, 7) is 2.42. The molecule has 2 aliphatic rings. The first-order valence-corrected chi connectivity index (χ1v) is 8.99. The fraction of sp³-hybridized carbons (Fsp3) is 0.632. The highest BCUT2D eigenvalue weighted by molar-refractivity contribution is 5.79. The van der Waals surface area contributed by atoms with Crippen LogP contribution in [-0.4, -0.2) is 47.9 Å². The highest BCUT2D eigenvalue weighted by atomic mass is 16.2. The minimum Gasteiger partial charge on any atom is -0.399 e. The van der Waals surface area contributed by atoms with Gasteiger partial charge in [-0.15, -0.1) is 0 Å². The van der Waals surface area contributed by atoms with Crippen LogP contribution in [0.3, 0.4) is 0 Å². The molecule has 1 saturated heterocycles. The van der Waals surface area contributed by atoms with Crippen molar-refractivity contribution in [2.75, 3.05) is 25.9 Å². The number of benzene rings is 1. The Bertz CT molecular complexity index is 522. The molecule has 1 heterocycles. The smallest absolute Gasteiger partial charge is 0.227 e. The summed E-state index contributed by atoms with van der Waals surface area (Å²) in [6.07, 6.45) is 8.03. The van der Waals surface area contributed by atoms with Crippen molar-refractivity contribution in [3.63, 3.8) is 0 Å². The van der Waals surface area contributed by atoms with Gasteiger partial charge < -0.3 is 10.6 Å². The van der Waals surface area contributed by atoms with Gasteiger partial charge in [-0.3, -0.25) is 9.69 Å². The van der Waals surface area contributed by atoms with Crippen molar-refractivity contribution in [2.24, 2.45) is 0 Å². The van der Waals surface area contributed by atoms with Crippen LogP contribution < -0.4 is 5.73 Å². The van der Waals surface area contributed by atoms with E-state index < -0.39 is 0 Å². The van der Waals surface area contributed by atoms with E-state index in [0.717, 1.165) is 17.7 Å². The number of nitrogens with zero attached hydrogens (tertiary/aromatic N) is 2. The maximum atomic E-state index is 12.7. The van der Waals surface area contributed by atoms with E-state index in [1.165, 1.54) is 45.2 Å². The van der Waals surface area contributed by atoms with Crippen molar-refractivity contribution >= 4 is 11.6 Å². The van der Waals surface area contributed by atoms with E-state index in [2.05, 4.69) is 4.90 Å². The summed E-state index contributed by atoms with van der Waals surface area (Å²) in [4.78, 5) is 17.4. The van der Waals surface area contributed by atoms with Crippen LogP contribution in [0.2, 0.25) is 0 Å². The molecule has 0 spiro atoms. The van der Waals surface area contributed by atoms with Crippen LogP contribution in [0.1, 0.15) is 44.1 Å². The first-order chi connectivity index (χ1) is 11.1. The molecular weight excluding hydrogens is 286 g/mol. The summed E-state index contributed by atoms with van der Waals surface area (Å²) in [6, 6.07) is 8.60. The van der Waals surface area contributed by atoms with Crippen molar-refractivity contribution in [3.05, 3.63) is 29.8 Å². The van der Waals surface area contributed by atoms with E-state index in [1.54, 1.807) is 0 Å². The van der Waals surface area contributed by atoms with Crippen molar-refractivity contribution < 1.29 is 4.79 Å². The van der Waals surface area contributed by atoms with Crippen molar-refractivity contribution in [1.82, 2.24) is 9.80 Å². The Morgan fingerprint density at radius 3 is 2.48 bits per heavy atom. The van der Waals surface area contributed by atoms with Gasteiger partial charge in [0.2, 0.25) is 5.91 Å². The number of likely N-dealkylation sites (N-methyl/N-ethyl adjacent to an activating group) is 1. The Labute approximate surface area is 139 Å². The third-order valence-corrected chi connectivity index (χ3v) is 5.53. The van der Waals surface area contributed by atoms with Gasteiger partial charge in [-0.25, -0.2) is 0 Å². The van der Waals surface area contributed by atoms with Crippen LogP contribution in [0.25, 0.3) is 0 Å². The molecule has 1 amide bonds. The van der Waals surface area contributed by atoms with Crippen LogP contribution in [-0.2, 0) is 11.2 Å². The molecule has 2 fully saturated rings. The average molecular weight is 315 g/mol. The van der Waals surface area contributed by atoms with Gasteiger partial charge in [0.1, 0.15) is 0 Å². The summed E-state index contributed by atoms with van der Waals surface area (Å²) in [5.41, 5.74) is 7.51. The zero-order chi connectivity index (χ0) is 16.2. The lowest BCUT2D eigenvalue weighted by Gasteiger charge is -2.42. The van der Waals surface area contributed by atoms with Gasteiger partial charge in [0, 0.05) is 24.8 Å². The molecule has 0 bridgehead atoms. The second-order valence-corrected chi connectivity index (χ2v) is 7.09. The number of hydrogen-bond donors (Lipinski definition) is 1. The molecule has 4 heteroatoms. The zero-order valence-corrected chi connectivity index (χ0v) is 14.2. The lowest BCUT2D eigenvalue weighted by Crippen LogP contribution is -2.53. The maximum Gasteiger partial charge on any atom is 0.227 e. The molecule has 2 atom stereocenters. The minimum atomic E-state index is 0.228. The number of nitrogen functional groups attached to an aromatic ring is 1. The Balaban J connectivity index is 1.65. The zero-order valence-electron chi connectivity index (χ0n) is 14.2. The molecule has 1 aromatic rings. The fourth-order valence-corrected chi connectivity index (χ4v) is 4.16. The van der Waals surface area contributed by atoms with E-state index in [0.29, 0.717) is 18.5 Å². The van der Waals surface area contributed by atoms with Gasteiger partial charge in [-0.1, -0.05) is 25.0 Å². The van der Waals surface area contributed by atoms with E-state index >= 15 is 0 Å². The maximum absolute atomic E-state index is 12.7. The number of carbonyl (C=O) groups excluding carboxylic acids is 1. The van der Waals surface area contributed by atoms with Crippen LogP contribution >= 0.6 is 0 Å². The highest BCUT2D eigenvalue weighted by Crippen LogP contribution is 2.29. The number of anilines is 1. The normalized spacial score (nSPS) is 25.4. The standard InChI is InChI=1S/C19H29N3O/c1-21(19(23)14-15-8-10-16(20)11-9-15)17-6-2-3-7-18(17)22-12-4-5-13-22/h8-11,17-18H,2-7,12-14,20H2,1H3/t17-,18-/m0/s1. The Hall–Kier alpha value is -1.55. The van der Waals surface area contributed by atoms with Gasteiger partial charge in [-0.2, -0.15) is 0 Å². The molecule has 4 nitrogen and oxygen atoms in total. The van der Waals surface area contributed by atoms with E-state index in [-0.39, 0.29) is 5.91 Å². The molecule has 1 saturated carbocycles. The van der Waals surface area contributed by atoms with Crippen LogP contribution in [0.15, 0.2) is 24.3 Å². The second-order valence-electron chi connectivity index (χ2n) is 7.09. The molecule has 23 heavy (non-hydrogen) atoms. The molecule has 3 rings (SSSR count). The lowest BCUT2D eigenvalue weighted by molar-refractivity contribution is -0.133. The summed E-state index contributed by atoms with van der Waals surface area (Å²) in [5, 5.41) is 0. The quantitative estimate of drug-likeness (QED) is 0.869. The fourth-order valence-electron chi connectivity index (χ4n) is 4.16. The predicted octanol–water partition coefficient (Wildman–Crippen LogP) is 2.68. The third-order valence-electron chi connectivity index (χ3n) is 5.53. The Morgan fingerprint density at radius 1 is 1.13 bits per heavy atom. The van der Waals surface area contributed by atoms with Gasteiger partial charge in [-0.05, 0) is 56.5 Å². The summed E-state index contributed by atoms with van der Waals surface area (Å²) in [7, 11) is 2.00. The first-order valence-electron chi connectivity index (χ1n) is 8.99. The average Bonchev–Trinajstić information content (AvgIpc) is 3.10. The summed E-state index contributed by atoms with van der Waals surface area (Å²) < 4.78 is 0. The minimum absolute atomic E-state index is 0.228. The number of nitrogens with two attached hydrogens (primary N) is 1. The molecular formula is C19H29N3O. The number of carbonyl (C=O) groups is 1. The van der Waals surface area contributed by atoms with Gasteiger partial charge in [0.15, 0.2) is 0 Å². The summed E-state index contributed by atoms with van der Waals surface area (Å²) in [5.74, 6) is 0.228. The molecule has 0 aromatic heterocycles. The number of likely N-dealkylation sites (tertiary alicyclic amines) is 1. The molecule has 2 N–H and O–H groups in total. The van der Waals surface area contributed by atoms with Gasteiger partial charge in [0.05, 0.1) is 6.42 Å². The summed E-state index contributed by atoms with van der Waals surface area (Å²) >= 11 is 0. The van der Waals surface area contributed by atoms with Crippen molar-refractivity contribution in [3.8, 4) is 0 Å². The van der Waals surface area contributed by atoms with E-state index in [1.807, 2.05) is 36.2 Å². The van der Waals surface area contributed by atoms with Crippen molar-refractivity contribution in [1.29, 1.82) is 0 Å². The number of rotatable bonds is 4. The predicted molar refractivity (Wildman–Crippen MR) is 94.2 cm³/mol. The van der Waals surface area contributed by atoms with Crippen LogP contribution in [0.4, 0.5) is 5.69 Å². The molecule has 1 aliphatic heterocycles. The lowest BCUT2D eigenvalue weighted by atomic mass is 9.88. The van der Waals surface area contributed by atoms with Gasteiger partial charge >= 0.3 is 0 Å². The first kappa shape index (κ1) is 16.3. The molecule has 0 radical (unpaired) electrons. The third kappa shape index (κ3) is 3.86. The Kier molecular flexibility index (Phi) is 5.21. The SMILES string of the molecule is CN(C(=O)Cc1ccc(N)cc1)[C@H]1CCCC[C@@H]1N1CCCC1. The largest absolute Gasteiger partial charge is 0.399 e. The van der Waals surface area contributed by atoms with Gasteiger partial charge in [0.25, 0.3) is 0 Å². The second kappa shape index (κ2) is 7.35. The monoisotopic (exact) mass is 315 g/mol. The van der Waals surface area contributed by atoms with Crippen LogP contribution in [0, 0.1) is 0 Å². The molecule has 0 unspecified atom stereocenters. The van der Waals surface area contributed by atoms with E-state index in [4.69, 9.17) is 5.73 Å².